The maximum Gasteiger partial charge on any atom is 0.247 e. The van der Waals surface area contributed by atoms with Gasteiger partial charge in [0, 0.05) is 16.7 Å². The Balaban J connectivity index is 1.52. The minimum atomic E-state index is 0.337. The Morgan fingerprint density at radius 2 is 1.24 bits per heavy atom. The van der Waals surface area contributed by atoms with E-state index in [1.54, 1.807) is 4.68 Å². The average Bonchev–Trinajstić information content (AvgIpc) is 3.43. The van der Waals surface area contributed by atoms with Crippen LogP contribution in [-0.4, -0.2) is 25.0 Å². The summed E-state index contributed by atoms with van der Waals surface area (Å²) < 4.78 is 7.67. The molecule has 5 rings (SSSR count). The largest absolute Gasteiger partial charge is 0.419 e. The number of aromatic nitrogens is 5. The van der Waals surface area contributed by atoms with Gasteiger partial charge in [-0.2, -0.15) is 0 Å². The molecule has 0 saturated carbocycles. The van der Waals surface area contributed by atoms with Crippen LogP contribution in [0.1, 0.15) is 5.89 Å². The van der Waals surface area contributed by atoms with E-state index in [9.17, 15) is 0 Å². The maximum atomic E-state index is 5.87. The van der Waals surface area contributed by atoms with Crippen LogP contribution in [0.2, 0.25) is 0 Å². The fraction of sp³-hybridized carbons (Fsp3) is 0.0435. The van der Waals surface area contributed by atoms with E-state index >= 15 is 0 Å². The normalized spacial score (nSPS) is 10.9. The molecule has 0 aliphatic heterocycles. The van der Waals surface area contributed by atoms with Crippen molar-refractivity contribution in [1.29, 1.82) is 0 Å². The Morgan fingerprint density at radius 1 is 0.655 bits per heavy atom. The molecule has 0 radical (unpaired) electrons. The highest BCUT2D eigenvalue weighted by atomic mass is 16.4. The van der Waals surface area contributed by atoms with Crippen LogP contribution in [0.15, 0.2) is 95.4 Å². The molecule has 0 atom stereocenters. The molecular formula is C23H17N5O. The van der Waals surface area contributed by atoms with Crippen molar-refractivity contribution in [3.8, 4) is 34.2 Å². The van der Waals surface area contributed by atoms with Crippen LogP contribution in [0.3, 0.4) is 0 Å². The van der Waals surface area contributed by atoms with Crippen LogP contribution in [0.4, 0.5) is 0 Å². The van der Waals surface area contributed by atoms with Gasteiger partial charge in [-0.1, -0.05) is 78.9 Å². The van der Waals surface area contributed by atoms with Crippen LogP contribution in [0.25, 0.3) is 34.2 Å². The number of rotatable bonds is 5. The molecule has 6 nitrogen and oxygen atoms in total. The van der Waals surface area contributed by atoms with Gasteiger partial charge < -0.3 is 4.42 Å². The van der Waals surface area contributed by atoms with Crippen molar-refractivity contribution >= 4 is 0 Å². The molecule has 5 aromatic rings. The summed E-state index contributed by atoms with van der Waals surface area (Å²) in [6.45, 7) is 0.337. The summed E-state index contributed by atoms with van der Waals surface area (Å²) >= 11 is 0. The highest BCUT2D eigenvalue weighted by Gasteiger charge is 2.16. The molecule has 0 aliphatic rings. The topological polar surface area (TPSA) is 69.6 Å². The molecular weight excluding hydrogens is 362 g/mol. The lowest BCUT2D eigenvalue weighted by atomic mass is 10.2. The molecule has 0 amide bonds. The van der Waals surface area contributed by atoms with Crippen molar-refractivity contribution in [2.24, 2.45) is 0 Å². The first-order chi connectivity index (χ1) is 14.4. The Labute approximate surface area is 167 Å². The van der Waals surface area contributed by atoms with Crippen LogP contribution >= 0.6 is 0 Å². The minimum Gasteiger partial charge on any atom is -0.419 e. The highest BCUT2D eigenvalue weighted by Crippen LogP contribution is 2.24. The van der Waals surface area contributed by atoms with Gasteiger partial charge in [0.15, 0.2) is 11.6 Å². The molecule has 0 N–H and O–H groups in total. The second kappa shape index (κ2) is 7.52. The minimum absolute atomic E-state index is 0.337. The van der Waals surface area contributed by atoms with E-state index < -0.39 is 0 Å². The molecule has 0 bridgehead atoms. The summed E-state index contributed by atoms with van der Waals surface area (Å²) in [5.41, 5.74) is 2.82. The van der Waals surface area contributed by atoms with Crippen molar-refractivity contribution in [2.75, 3.05) is 0 Å². The Kier molecular flexibility index (Phi) is 4.42. The molecule has 0 spiro atoms. The van der Waals surface area contributed by atoms with Crippen molar-refractivity contribution in [3.05, 3.63) is 96.9 Å². The van der Waals surface area contributed by atoms with Crippen molar-refractivity contribution in [1.82, 2.24) is 25.0 Å². The van der Waals surface area contributed by atoms with Gasteiger partial charge in [-0.05, 0) is 12.1 Å². The molecule has 0 saturated heterocycles. The quantitative estimate of drug-likeness (QED) is 0.442. The van der Waals surface area contributed by atoms with Gasteiger partial charge >= 0.3 is 0 Å². The number of nitrogens with zero attached hydrogens (tertiary/aromatic N) is 5. The zero-order valence-electron chi connectivity index (χ0n) is 15.5. The summed E-state index contributed by atoms with van der Waals surface area (Å²) in [6, 6.07) is 29.6. The Hall–Kier alpha value is -4.06. The number of hydrogen-bond donors (Lipinski definition) is 0. The molecule has 2 aromatic heterocycles. The fourth-order valence-corrected chi connectivity index (χ4v) is 3.11. The van der Waals surface area contributed by atoms with Crippen LogP contribution < -0.4 is 0 Å². The first kappa shape index (κ1) is 17.1. The van der Waals surface area contributed by atoms with Crippen molar-refractivity contribution in [2.45, 2.75) is 6.54 Å². The summed E-state index contributed by atoms with van der Waals surface area (Å²) in [7, 11) is 0. The third kappa shape index (κ3) is 3.55. The third-order valence-electron chi connectivity index (χ3n) is 4.51. The molecule has 0 fully saturated rings. The molecule has 6 heteroatoms. The number of hydrogen-bond acceptors (Lipinski definition) is 5. The van der Waals surface area contributed by atoms with Gasteiger partial charge in [0.2, 0.25) is 11.8 Å². The van der Waals surface area contributed by atoms with E-state index in [4.69, 9.17) is 14.5 Å². The van der Waals surface area contributed by atoms with Gasteiger partial charge in [-0.25, -0.2) is 9.67 Å². The van der Waals surface area contributed by atoms with Gasteiger partial charge in [0.1, 0.15) is 6.54 Å². The van der Waals surface area contributed by atoms with Gasteiger partial charge in [-0.3, -0.25) is 0 Å². The van der Waals surface area contributed by atoms with Crippen LogP contribution in [0.5, 0.6) is 0 Å². The van der Waals surface area contributed by atoms with E-state index in [1.807, 2.05) is 91.0 Å². The smallest absolute Gasteiger partial charge is 0.247 e. The van der Waals surface area contributed by atoms with Gasteiger partial charge in [-0.15, -0.1) is 15.3 Å². The highest BCUT2D eigenvalue weighted by molar-refractivity contribution is 5.61. The molecule has 2 heterocycles. The predicted molar refractivity (Wildman–Crippen MR) is 110 cm³/mol. The SMILES string of the molecule is c1ccc(-c2nc(-c3ccccc3)n(Cc3nnc(-c4ccccc4)o3)n2)cc1. The summed E-state index contributed by atoms with van der Waals surface area (Å²) in [5.74, 6) is 2.38. The van der Waals surface area contributed by atoms with E-state index in [0.29, 0.717) is 24.2 Å². The van der Waals surface area contributed by atoms with Crippen LogP contribution in [-0.2, 0) is 6.54 Å². The lowest BCUT2D eigenvalue weighted by Crippen LogP contribution is -2.04. The van der Waals surface area contributed by atoms with Gasteiger partial charge in [0.25, 0.3) is 0 Å². The third-order valence-corrected chi connectivity index (χ3v) is 4.51. The standard InChI is InChI=1S/C23H17N5O/c1-4-10-17(11-5-1)21-24-22(18-12-6-2-7-13-18)28(27-21)16-20-25-26-23(29-20)19-14-8-3-9-15-19/h1-15H,16H2. The molecule has 3 aromatic carbocycles. The summed E-state index contributed by atoms with van der Waals surface area (Å²) in [6.07, 6.45) is 0. The molecule has 140 valence electrons. The second-order valence-corrected chi connectivity index (χ2v) is 6.52. The lowest BCUT2D eigenvalue weighted by molar-refractivity contribution is 0.475. The van der Waals surface area contributed by atoms with E-state index in [-0.39, 0.29) is 0 Å². The van der Waals surface area contributed by atoms with Gasteiger partial charge in [0.05, 0.1) is 0 Å². The van der Waals surface area contributed by atoms with E-state index in [1.165, 1.54) is 0 Å². The molecule has 0 unspecified atom stereocenters. The van der Waals surface area contributed by atoms with Crippen molar-refractivity contribution in [3.63, 3.8) is 0 Å². The Morgan fingerprint density at radius 3 is 1.90 bits per heavy atom. The summed E-state index contributed by atoms with van der Waals surface area (Å²) in [4.78, 5) is 4.77. The molecule has 0 aliphatic carbocycles. The zero-order valence-corrected chi connectivity index (χ0v) is 15.5. The first-order valence-electron chi connectivity index (χ1n) is 9.30. The summed E-state index contributed by atoms with van der Waals surface area (Å²) in [5, 5.41) is 13.1. The Bertz CT molecular complexity index is 1210. The van der Waals surface area contributed by atoms with E-state index in [2.05, 4.69) is 10.2 Å². The molecule has 29 heavy (non-hydrogen) atoms. The predicted octanol–water partition coefficient (Wildman–Crippen LogP) is 4.71. The average molecular weight is 379 g/mol. The first-order valence-corrected chi connectivity index (χ1v) is 9.30. The van der Waals surface area contributed by atoms with Crippen molar-refractivity contribution < 1.29 is 4.42 Å². The number of benzene rings is 3. The maximum absolute atomic E-state index is 5.87. The monoisotopic (exact) mass is 379 g/mol. The van der Waals surface area contributed by atoms with Crippen LogP contribution in [0, 0.1) is 0 Å². The van der Waals surface area contributed by atoms with E-state index in [0.717, 1.165) is 22.5 Å². The second-order valence-electron chi connectivity index (χ2n) is 6.52. The lowest BCUT2D eigenvalue weighted by Gasteiger charge is -2.02. The zero-order chi connectivity index (χ0) is 19.5. The fourth-order valence-electron chi connectivity index (χ4n) is 3.11.